The van der Waals surface area contributed by atoms with Gasteiger partial charge in [0.05, 0.1) is 6.10 Å². The van der Waals surface area contributed by atoms with Gasteiger partial charge in [-0.25, -0.2) is 0 Å². The van der Waals surface area contributed by atoms with E-state index >= 15 is 0 Å². The van der Waals surface area contributed by atoms with Crippen LogP contribution in [0.4, 0.5) is 0 Å². The molecule has 2 saturated carbocycles. The summed E-state index contributed by atoms with van der Waals surface area (Å²) in [6.07, 6.45) is 9.54. The molecular formula is C18H27NO. The molecule has 3 rings (SSSR count). The molecule has 1 aromatic rings. The number of nitrogens with one attached hydrogen (secondary N) is 1. The molecule has 1 aromatic carbocycles. The lowest BCUT2D eigenvalue weighted by molar-refractivity contribution is 0.300. The average Bonchev–Trinajstić information content (AvgIpc) is 3.30. The summed E-state index contributed by atoms with van der Waals surface area (Å²) >= 11 is 0. The summed E-state index contributed by atoms with van der Waals surface area (Å²) in [5, 5.41) is 3.75. The lowest BCUT2D eigenvalue weighted by Gasteiger charge is -2.33. The van der Waals surface area contributed by atoms with Crippen molar-refractivity contribution in [1.82, 2.24) is 5.32 Å². The molecule has 0 amide bonds. The van der Waals surface area contributed by atoms with Crippen molar-refractivity contribution in [2.75, 3.05) is 6.54 Å². The number of rotatable bonds is 6. The summed E-state index contributed by atoms with van der Waals surface area (Å²) in [7, 11) is 0. The second-order valence-electron chi connectivity index (χ2n) is 6.34. The molecule has 0 heterocycles. The maximum atomic E-state index is 5.95. The van der Waals surface area contributed by atoms with E-state index < -0.39 is 0 Å². The molecule has 2 atom stereocenters. The Bertz CT molecular complexity index is 427. The van der Waals surface area contributed by atoms with Crippen LogP contribution in [0.25, 0.3) is 0 Å². The molecule has 2 heteroatoms. The van der Waals surface area contributed by atoms with Gasteiger partial charge in [0, 0.05) is 6.04 Å². The van der Waals surface area contributed by atoms with E-state index in [0.29, 0.717) is 18.1 Å². The average molecular weight is 273 g/mol. The minimum atomic E-state index is 0.491. The van der Waals surface area contributed by atoms with Crippen molar-refractivity contribution >= 4 is 0 Å². The summed E-state index contributed by atoms with van der Waals surface area (Å²) in [6, 6.07) is 9.50. The van der Waals surface area contributed by atoms with Gasteiger partial charge in [0.2, 0.25) is 0 Å². The third-order valence-electron chi connectivity index (χ3n) is 4.54. The zero-order valence-electron chi connectivity index (χ0n) is 12.6. The Morgan fingerprint density at radius 2 is 2.00 bits per heavy atom. The van der Waals surface area contributed by atoms with Gasteiger partial charge in [0.25, 0.3) is 0 Å². The molecule has 2 unspecified atom stereocenters. The van der Waals surface area contributed by atoms with Crippen LogP contribution in [0.15, 0.2) is 24.3 Å². The highest BCUT2D eigenvalue weighted by Crippen LogP contribution is 2.35. The molecule has 0 radical (unpaired) electrons. The minimum Gasteiger partial charge on any atom is -0.490 e. The maximum Gasteiger partial charge on any atom is 0.120 e. The van der Waals surface area contributed by atoms with E-state index in [1.807, 2.05) is 0 Å². The molecule has 0 saturated heterocycles. The van der Waals surface area contributed by atoms with Gasteiger partial charge in [-0.3, -0.25) is 0 Å². The topological polar surface area (TPSA) is 21.3 Å². The van der Waals surface area contributed by atoms with Crippen LogP contribution in [0.3, 0.4) is 0 Å². The lowest BCUT2D eigenvalue weighted by atomic mass is 9.80. The van der Waals surface area contributed by atoms with Crippen LogP contribution in [0.1, 0.15) is 63.4 Å². The van der Waals surface area contributed by atoms with E-state index in [0.717, 1.165) is 12.3 Å². The van der Waals surface area contributed by atoms with Gasteiger partial charge in [-0.1, -0.05) is 31.9 Å². The van der Waals surface area contributed by atoms with E-state index in [1.54, 1.807) is 0 Å². The van der Waals surface area contributed by atoms with Crippen LogP contribution < -0.4 is 10.1 Å². The first-order valence-corrected chi connectivity index (χ1v) is 8.37. The van der Waals surface area contributed by atoms with Crippen molar-refractivity contribution in [2.45, 2.75) is 69.9 Å². The Balaban J connectivity index is 1.70. The molecule has 110 valence electrons. The predicted octanol–water partition coefficient (Wildman–Crippen LogP) is 4.25. The number of benzene rings is 1. The molecule has 2 aliphatic rings. The van der Waals surface area contributed by atoms with E-state index in [1.165, 1.54) is 50.5 Å². The van der Waals surface area contributed by atoms with Gasteiger partial charge in [0.1, 0.15) is 5.75 Å². The maximum absolute atomic E-state index is 5.95. The summed E-state index contributed by atoms with van der Waals surface area (Å²) in [4.78, 5) is 0. The van der Waals surface area contributed by atoms with Crippen molar-refractivity contribution in [1.29, 1.82) is 0 Å². The fourth-order valence-electron chi connectivity index (χ4n) is 3.30. The summed E-state index contributed by atoms with van der Waals surface area (Å²) < 4.78 is 5.95. The van der Waals surface area contributed by atoms with Crippen molar-refractivity contribution in [2.24, 2.45) is 0 Å². The van der Waals surface area contributed by atoms with Crippen LogP contribution in [0.5, 0.6) is 5.75 Å². The highest BCUT2D eigenvalue weighted by molar-refractivity contribution is 5.32. The Hall–Kier alpha value is -1.02. The monoisotopic (exact) mass is 273 g/mol. The molecule has 1 N–H and O–H groups in total. The highest BCUT2D eigenvalue weighted by Gasteiger charge is 2.27. The Kier molecular flexibility index (Phi) is 4.62. The summed E-state index contributed by atoms with van der Waals surface area (Å²) in [5.41, 5.74) is 1.47. The Labute approximate surface area is 122 Å². The quantitative estimate of drug-likeness (QED) is 0.836. The SMILES string of the molecule is CCCNC1CCCCC1c1cccc(OC2CC2)c1. The van der Waals surface area contributed by atoms with Gasteiger partial charge in [-0.05, 0) is 62.3 Å². The second kappa shape index (κ2) is 6.62. The fourth-order valence-corrected chi connectivity index (χ4v) is 3.30. The van der Waals surface area contributed by atoms with Gasteiger partial charge < -0.3 is 10.1 Å². The second-order valence-corrected chi connectivity index (χ2v) is 6.34. The van der Waals surface area contributed by atoms with Crippen LogP contribution in [0, 0.1) is 0 Å². The smallest absolute Gasteiger partial charge is 0.120 e. The molecule has 20 heavy (non-hydrogen) atoms. The third kappa shape index (κ3) is 3.54. The zero-order chi connectivity index (χ0) is 13.8. The fraction of sp³-hybridized carbons (Fsp3) is 0.667. The largest absolute Gasteiger partial charge is 0.490 e. The van der Waals surface area contributed by atoms with Gasteiger partial charge in [-0.15, -0.1) is 0 Å². The molecule has 0 bridgehead atoms. The van der Waals surface area contributed by atoms with Crippen LogP contribution in [0.2, 0.25) is 0 Å². The molecule has 2 fully saturated rings. The van der Waals surface area contributed by atoms with Crippen molar-refractivity contribution in [3.05, 3.63) is 29.8 Å². The molecule has 0 spiro atoms. The first-order valence-electron chi connectivity index (χ1n) is 8.37. The summed E-state index contributed by atoms with van der Waals surface area (Å²) in [5.74, 6) is 1.74. The summed E-state index contributed by atoms with van der Waals surface area (Å²) in [6.45, 7) is 3.38. The molecule has 0 aliphatic heterocycles. The van der Waals surface area contributed by atoms with E-state index in [4.69, 9.17) is 4.74 Å². The van der Waals surface area contributed by atoms with Gasteiger partial charge in [0.15, 0.2) is 0 Å². The normalized spacial score (nSPS) is 26.4. The molecule has 0 aromatic heterocycles. The molecule has 2 aliphatic carbocycles. The van der Waals surface area contributed by atoms with Gasteiger partial charge in [-0.2, -0.15) is 0 Å². The molecular weight excluding hydrogens is 246 g/mol. The molecule has 2 nitrogen and oxygen atoms in total. The first kappa shape index (κ1) is 13.9. The first-order chi connectivity index (χ1) is 9.86. The van der Waals surface area contributed by atoms with Crippen LogP contribution in [-0.4, -0.2) is 18.7 Å². The minimum absolute atomic E-state index is 0.491. The standard InChI is InChI=1S/C18H27NO/c1-2-12-19-18-9-4-3-8-17(18)14-6-5-7-16(13-14)20-15-10-11-15/h5-7,13,15,17-19H,2-4,8-12H2,1H3. The van der Waals surface area contributed by atoms with Gasteiger partial charge >= 0.3 is 0 Å². The van der Waals surface area contributed by atoms with Crippen LogP contribution in [-0.2, 0) is 0 Å². The lowest BCUT2D eigenvalue weighted by Crippen LogP contribution is -2.37. The van der Waals surface area contributed by atoms with Crippen molar-refractivity contribution in [3.63, 3.8) is 0 Å². The Morgan fingerprint density at radius 1 is 1.15 bits per heavy atom. The van der Waals surface area contributed by atoms with E-state index in [2.05, 4.69) is 36.5 Å². The number of ether oxygens (including phenoxy) is 1. The highest BCUT2D eigenvalue weighted by atomic mass is 16.5. The zero-order valence-corrected chi connectivity index (χ0v) is 12.6. The van der Waals surface area contributed by atoms with E-state index in [-0.39, 0.29) is 0 Å². The third-order valence-corrected chi connectivity index (χ3v) is 4.54. The van der Waals surface area contributed by atoms with E-state index in [9.17, 15) is 0 Å². The number of hydrogen-bond acceptors (Lipinski definition) is 2. The predicted molar refractivity (Wildman–Crippen MR) is 83.4 cm³/mol. The van der Waals surface area contributed by atoms with Crippen molar-refractivity contribution < 1.29 is 4.74 Å². The Morgan fingerprint density at radius 3 is 2.80 bits per heavy atom. The van der Waals surface area contributed by atoms with Crippen molar-refractivity contribution in [3.8, 4) is 5.75 Å². The van der Waals surface area contributed by atoms with Crippen LogP contribution >= 0.6 is 0 Å². The number of hydrogen-bond donors (Lipinski definition) is 1.